The summed E-state index contributed by atoms with van der Waals surface area (Å²) in [5, 5.41) is 0. The summed E-state index contributed by atoms with van der Waals surface area (Å²) in [7, 11) is 0. The highest BCUT2D eigenvalue weighted by molar-refractivity contribution is 6.16. The molecule has 0 spiro atoms. The van der Waals surface area contributed by atoms with Gasteiger partial charge >= 0.3 is 0 Å². The van der Waals surface area contributed by atoms with Crippen molar-refractivity contribution in [2.24, 2.45) is 0 Å². The number of rotatable bonds is 6. The monoisotopic (exact) mass is 202 g/mol. The highest BCUT2D eigenvalue weighted by atomic mass is 35.5. The van der Waals surface area contributed by atoms with Gasteiger partial charge in [0.25, 0.3) is 0 Å². The van der Waals surface area contributed by atoms with Crippen LogP contribution < -0.4 is 0 Å². The molecule has 1 aromatic heterocycles. The molecule has 0 radical (unpaired) electrons. The second-order valence-electron chi connectivity index (χ2n) is 2.85. The van der Waals surface area contributed by atoms with Crippen molar-refractivity contribution < 1.29 is 4.74 Å². The van der Waals surface area contributed by atoms with Gasteiger partial charge in [-0.15, -0.1) is 11.6 Å². The molecule has 0 saturated heterocycles. The quantitative estimate of drug-likeness (QED) is 0.522. The lowest BCUT2D eigenvalue weighted by molar-refractivity contribution is 0.127. The van der Waals surface area contributed by atoms with Crippen molar-refractivity contribution in [3.05, 3.63) is 18.2 Å². The molecule has 1 rings (SSSR count). The van der Waals surface area contributed by atoms with E-state index < -0.39 is 0 Å². The normalized spacial score (nSPS) is 10.6. The predicted molar refractivity (Wildman–Crippen MR) is 52.9 cm³/mol. The van der Waals surface area contributed by atoms with Gasteiger partial charge in [-0.05, 0) is 6.42 Å². The fourth-order valence-corrected chi connectivity index (χ4v) is 1.15. The maximum absolute atomic E-state index is 5.62. The van der Waals surface area contributed by atoms with Crippen LogP contribution in [0.2, 0.25) is 0 Å². The van der Waals surface area contributed by atoms with E-state index in [0.717, 1.165) is 31.9 Å². The van der Waals surface area contributed by atoms with Gasteiger partial charge in [-0.2, -0.15) is 0 Å². The third-order valence-corrected chi connectivity index (χ3v) is 1.94. The minimum atomic E-state index is 0.475. The SMILES string of the molecule is CCCOCCn1cnc(CCl)c1. The molecule has 74 valence electrons. The first-order valence-electron chi connectivity index (χ1n) is 4.51. The number of ether oxygens (including phenoxy) is 1. The van der Waals surface area contributed by atoms with Crippen LogP contribution in [0.25, 0.3) is 0 Å². The van der Waals surface area contributed by atoms with Crippen LogP contribution in [0, 0.1) is 0 Å². The topological polar surface area (TPSA) is 27.1 Å². The van der Waals surface area contributed by atoms with E-state index in [0.29, 0.717) is 5.88 Å². The average molecular weight is 203 g/mol. The van der Waals surface area contributed by atoms with Crippen molar-refractivity contribution in [2.45, 2.75) is 25.8 Å². The number of hydrogen-bond acceptors (Lipinski definition) is 2. The van der Waals surface area contributed by atoms with Crippen LogP contribution in [-0.4, -0.2) is 22.8 Å². The molecule has 3 nitrogen and oxygen atoms in total. The minimum Gasteiger partial charge on any atom is -0.380 e. The molecule has 0 fully saturated rings. The molecule has 1 heterocycles. The van der Waals surface area contributed by atoms with E-state index in [9.17, 15) is 0 Å². The zero-order valence-corrected chi connectivity index (χ0v) is 8.63. The molecule has 4 heteroatoms. The van der Waals surface area contributed by atoms with Crippen molar-refractivity contribution in [3.63, 3.8) is 0 Å². The van der Waals surface area contributed by atoms with Crippen LogP contribution in [0.5, 0.6) is 0 Å². The molecule has 0 aliphatic heterocycles. The Labute approximate surface area is 83.7 Å². The maximum Gasteiger partial charge on any atom is 0.0950 e. The summed E-state index contributed by atoms with van der Waals surface area (Å²) in [5.74, 6) is 0.475. The molecule has 0 atom stereocenters. The van der Waals surface area contributed by atoms with Crippen LogP contribution in [-0.2, 0) is 17.2 Å². The summed E-state index contributed by atoms with van der Waals surface area (Å²) < 4.78 is 7.34. The number of hydrogen-bond donors (Lipinski definition) is 0. The van der Waals surface area contributed by atoms with E-state index in [1.807, 2.05) is 10.8 Å². The van der Waals surface area contributed by atoms with E-state index in [1.165, 1.54) is 0 Å². The molecule has 0 saturated carbocycles. The maximum atomic E-state index is 5.62. The van der Waals surface area contributed by atoms with Crippen LogP contribution in [0.15, 0.2) is 12.5 Å². The van der Waals surface area contributed by atoms with Gasteiger partial charge in [-0.25, -0.2) is 4.98 Å². The molecule has 0 unspecified atom stereocenters. The first kappa shape index (κ1) is 10.5. The van der Waals surface area contributed by atoms with Crippen LogP contribution >= 0.6 is 11.6 Å². The third-order valence-electron chi connectivity index (χ3n) is 1.67. The molecule has 0 aliphatic carbocycles. The number of halogens is 1. The highest BCUT2D eigenvalue weighted by Crippen LogP contribution is 1.99. The lowest BCUT2D eigenvalue weighted by Gasteiger charge is -2.02. The Bertz CT molecular complexity index is 237. The first-order valence-corrected chi connectivity index (χ1v) is 5.04. The second kappa shape index (κ2) is 6.00. The number of imidazole rings is 1. The Morgan fingerprint density at radius 2 is 2.38 bits per heavy atom. The van der Waals surface area contributed by atoms with E-state index in [-0.39, 0.29) is 0 Å². The lowest BCUT2D eigenvalue weighted by atomic mass is 10.5. The van der Waals surface area contributed by atoms with E-state index >= 15 is 0 Å². The van der Waals surface area contributed by atoms with Crippen LogP contribution in [0.3, 0.4) is 0 Å². The summed E-state index contributed by atoms with van der Waals surface area (Å²) in [6, 6.07) is 0. The largest absolute Gasteiger partial charge is 0.380 e. The zero-order chi connectivity index (χ0) is 9.52. The minimum absolute atomic E-state index is 0.475. The van der Waals surface area contributed by atoms with Gasteiger partial charge in [0.2, 0.25) is 0 Å². The van der Waals surface area contributed by atoms with Gasteiger partial charge in [-0.3, -0.25) is 0 Å². The number of nitrogens with zero attached hydrogens (tertiary/aromatic N) is 2. The van der Waals surface area contributed by atoms with Crippen molar-refractivity contribution in [1.82, 2.24) is 9.55 Å². The Morgan fingerprint density at radius 1 is 1.54 bits per heavy atom. The fraction of sp³-hybridized carbons (Fsp3) is 0.667. The van der Waals surface area contributed by atoms with Crippen molar-refractivity contribution in [2.75, 3.05) is 13.2 Å². The smallest absolute Gasteiger partial charge is 0.0950 e. The molecular weight excluding hydrogens is 188 g/mol. The summed E-state index contributed by atoms with van der Waals surface area (Å²) in [4.78, 5) is 4.11. The van der Waals surface area contributed by atoms with Crippen molar-refractivity contribution >= 4 is 11.6 Å². The molecule has 0 bridgehead atoms. The third kappa shape index (κ3) is 3.79. The Kier molecular flexibility index (Phi) is 4.86. The van der Waals surface area contributed by atoms with Gasteiger partial charge in [-0.1, -0.05) is 6.92 Å². The summed E-state index contributed by atoms with van der Waals surface area (Å²) >= 11 is 5.62. The molecule has 0 N–H and O–H groups in total. The van der Waals surface area contributed by atoms with Gasteiger partial charge in [0.15, 0.2) is 0 Å². The predicted octanol–water partition coefficient (Wildman–Crippen LogP) is 2.05. The summed E-state index contributed by atoms with van der Waals surface area (Å²) in [5.41, 5.74) is 0.914. The van der Waals surface area contributed by atoms with Crippen LogP contribution in [0.4, 0.5) is 0 Å². The molecule has 13 heavy (non-hydrogen) atoms. The Morgan fingerprint density at radius 3 is 3.00 bits per heavy atom. The zero-order valence-electron chi connectivity index (χ0n) is 7.87. The van der Waals surface area contributed by atoms with Gasteiger partial charge in [0.05, 0.1) is 24.5 Å². The van der Waals surface area contributed by atoms with Crippen molar-refractivity contribution in [1.29, 1.82) is 0 Å². The molecule has 0 aliphatic rings. The highest BCUT2D eigenvalue weighted by Gasteiger charge is 1.95. The van der Waals surface area contributed by atoms with Gasteiger partial charge in [0, 0.05) is 19.3 Å². The van der Waals surface area contributed by atoms with E-state index in [1.54, 1.807) is 6.33 Å². The molecule has 1 aromatic rings. The second-order valence-corrected chi connectivity index (χ2v) is 3.12. The summed E-state index contributed by atoms with van der Waals surface area (Å²) in [6.07, 6.45) is 4.80. The Hall–Kier alpha value is -0.540. The average Bonchev–Trinajstić information content (AvgIpc) is 2.60. The van der Waals surface area contributed by atoms with E-state index in [4.69, 9.17) is 16.3 Å². The lowest BCUT2D eigenvalue weighted by Crippen LogP contribution is -2.04. The summed E-state index contributed by atoms with van der Waals surface area (Å²) in [6.45, 7) is 4.52. The van der Waals surface area contributed by atoms with Crippen LogP contribution in [0.1, 0.15) is 19.0 Å². The molecule has 0 amide bonds. The van der Waals surface area contributed by atoms with Crippen molar-refractivity contribution in [3.8, 4) is 0 Å². The Balaban J connectivity index is 2.20. The fourth-order valence-electron chi connectivity index (χ4n) is 1.01. The van der Waals surface area contributed by atoms with Gasteiger partial charge in [0.1, 0.15) is 0 Å². The standard InChI is InChI=1S/C9H15ClN2O/c1-2-4-13-5-3-12-7-9(6-10)11-8-12/h7-8H,2-6H2,1H3. The molecular formula is C9H15ClN2O. The first-order chi connectivity index (χ1) is 6.36. The van der Waals surface area contributed by atoms with Gasteiger partial charge < -0.3 is 9.30 Å². The number of alkyl halides is 1. The number of aromatic nitrogens is 2. The molecule has 0 aromatic carbocycles. The van der Waals surface area contributed by atoms with E-state index in [2.05, 4.69) is 11.9 Å².